The van der Waals surface area contributed by atoms with Crippen LogP contribution in [0, 0.1) is 5.82 Å². The van der Waals surface area contributed by atoms with Crippen molar-refractivity contribution < 1.29 is 9.18 Å². The van der Waals surface area contributed by atoms with Crippen LogP contribution in [0.15, 0.2) is 35.9 Å². The molecule has 2 atom stereocenters. The molecule has 0 aromatic heterocycles. The predicted molar refractivity (Wildman–Crippen MR) is 89.6 cm³/mol. The Bertz CT molecular complexity index is 564. The topological polar surface area (TPSA) is 65.2 Å². The molecule has 1 aromatic carbocycles. The minimum atomic E-state index is -0.266. The van der Waals surface area contributed by atoms with Crippen molar-refractivity contribution in [1.29, 1.82) is 0 Å². The van der Waals surface area contributed by atoms with E-state index < -0.39 is 0 Å². The Labute approximate surface area is 141 Å². The van der Waals surface area contributed by atoms with Crippen molar-refractivity contribution in [3.63, 3.8) is 0 Å². The minimum Gasteiger partial charge on any atom is -0.351 e. The highest BCUT2D eigenvalue weighted by atomic mass is 35.5. The van der Waals surface area contributed by atoms with Crippen molar-refractivity contribution in [2.45, 2.75) is 24.9 Å². The van der Waals surface area contributed by atoms with Crippen LogP contribution in [0.3, 0.4) is 0 Å². The molecule has 2 unspecified atom stereocenters. The molecule has 0 radical (unpaired) electrons. The molecule has 1 aromatic rings. The smallest absolute Gasteiger partial charge is 0.238 e. The lowest BCUT2D eigenvalue weighted by atomic mass is 10.0. The van der Waals surface area contributed by atoms with Crippen LogP contribution in [0.2, 0.25) is 0 Å². The zero-order valence-electron chi connectivity index (χ0n) is 12.8. The summed E-state index contributed by atoms with van der Waals surface area (Å²) in [4.78, 5) is 12.2. The zero-order chi connectivity index (χ0) is 15.4. The number of nitrogens with one attached hydrogen (secondary N) is 4. The number of amides is 1. The van der Waals surface area contributed by atoms with Crippen LogP contribution >= 0.6 is 12.4 Å². The summed E-state index contributed by atoms with van der Waals surface area (Å²) < 4.78 is 12.9. The Balaban J connectivity index is 0.00000192. The summed E-state index contributed by atoms with van der Waals surface area (Å²) in [6.45, 7) is 2.46. The van der Waals surface area contributed by atoms with Gasteiger partial charge in [0.1, 0.15) is 11.9 Å². The molecule has 7 heteroatoms. The van der Waals surface area contributed by atoms with Gasteiger partial charge in [0.15, 0.2) is 0 Å². The van der Waals surface area contributed by atoms with E-state index in [1.165, 1.54) is 17.7 Å². The summed E-state index contributed by atoms with van der Waals surface area (Å²) in [5.74, 6) is -0.254. The van der Waals surface area contributed by atoms with E-state index >= 15 is 0 Å². The van der Waals surface area contributed by atoms with Crippen LogP contribution in [0.25, 0.3) is 0 Å². The summed E-state index contributed by atoms with van der Waals surface area (Å²) >= 11 is 0. The average Bonchev–Trinajstić information content (AvgIpc) is 3.04. The largest absolute Gasteiger partial charge is 0.351 e. The highest BCUT2D eigenvalue weighted by Gasteiger charge is 2.29. The molecule has 2 heterocycles. The maximum Gasteiger partial charge on any atom is 0.238 e. The molecule has 1 fully saturated rings. The fourth-order valence-corrected chi connectivity index (χ4v) is 2.80. The van der Waals surface area contributed by atoms with Crippen molar-refractivity contribution in [2.24, 2.45) is 0 Å². The second-order valence-electron chi connectivity index (χ2n) is 5.72. The normalized spacial score (nSPS) is 23.8. The fraction of sp³-hybridized carbons (Fsp3) is 0.438. The maximum atomic E-state index is 12.9. The molecular formula is C16H22ClFN4O. The van der Waals surface area contributed by atoms with Gasteiger partial charge in [-0.1, -0.05) is 23.8 Å². The summed E-state index contributed by atoms with van der Waals surface area (Å²) in [5.41, 5.74) is 8.37. The maximum absolute atomic E-state index is 12.9. The van der Waals surface area contributed by atoms with Crippen molar-refractivity contribution in [3.8, 4) is 0 Å². The summed E-state index contributed by atoms with van der Waals surface area (Å²) in [6.07, 6.45) is 3.76. The first kappa shape index (κ1) is 17.9. The summed E-state index contributed by atoms with van der Waals surface area (Å²) in [6, 6.07) is 6.12. The number of rotatable bonds is 4. The SMILES string of the molecule is Cl.O=C(NCC1=CCNCC1)C1CC(c2ccc(F)cc2)NN1. The van der Waals surface area contributed by atoms with E-state index in [2.05, 4.69) is 27.6 Å². The molecule has 0 bridgehead atoms. The molecule has 1 amide bonds. The van der Waals surface area contributed by atoms with Gasteiger partial charge in [-0.25, -0.2) is 15.2 Å². The molecule has 0 spiro atoms. The van der Waals surface area contributed by atoms with Gasteiger partial charge in [0.25, 0.3) is 0 Å². The number of carbonyl (C=O) groups is 1. The van der Waals surface area contributed by atoms with Crippen LogP contribution in [-0.2, 0) is 4.79 Å². The van der Waals surface area contributed by atoms with Crippen LogP contribution in [0.4, 0.5) is 4.39 Å². The molecule has 0 saturated carbocycles. The first-order valence-corrected chi connectivity index (χ1v) is 7.65. The lowest BCUT2D eigenvalue weighted by Gasteiger charge is -2.16. The van der Waals surface area contributed by atoms with Crippen molar-refractivity contribution >= 4 is 18.3 Å². The molecule has 23 heavy (non-hydrogen) atoms. The molecule has 0 aliphatic carbocycles. The van der Waals surface area contributed by atoms with Crippen LogP contribution in [0.5, 0.6) is 0 Å². The third kappa shape index (κ3) is 4.75. The lowest BCUT2D eigenvalue weighted by molar-refractivity contribution is -0.122. The van der Waals surface area contributed by atoms with E-state index in [0.29, 0.717) is 13.0 Å². The van der Waals surface area contributed by atoms with Crippen LogP contribution in [0.1, 0.15) is 24.4 Å². The molecule has 126 valence electrons. The number of benzene rings is 1. The molecule has 2 aliphatic rings. The fourth-order valence-electron chi connectivity index (χ4n) is 2.80. The Morgan fingerprint density at radius 3 is 2.74 bits per heavy atom. The number of carbonyl (C=O) groups excluding carboxylic acids is 1. The Morgan fingerprint density at radius 1 is 1.26 bits per heavy atom. The minimum absolute atomic E-state index is 0. The second-order valence-corrected chi connectivity index (χ2v) is 5.72. The zero-order valence-corrected chi connectivity index (χ0v) is 13.6. The van der Waals surface area contributed by atoms with Crippen LogP contribution in [-0.4, -0.2) is 31.6 Å². The van der Waals surface area contributed by atoms with Gasteiger partial charge in [0.05, 0.1) is 0 Å². The van der Waals surface area contributed by atoms with Gasteiger partial charge in [-0.3, -0.25) is 4.79 Å². The quantitative estimate of drug-likeness (QED) is 0.622. The van der Waals surface area contributed by atoms with E-state index in [4.69, 9.17) is 0 Å². The standard InChI is InChI=1S/C16H21FN4O.ClH/c17-13-3-1-12(2-4-13)14-9-15(21-20-14)16(22)19-10-11-5-7-18-8-6-11;/h1-5,14-15,18,20-21H,6-10H2,(H,19,22);1H. The first-order valence-electron chi connectivity index (χ1n) is 7.65. The number of halogens is 2. The van der Waals surface area contributed by atoms with Gasteiger partial charge in [-0.2, -0.15) is 0 Å². The predicted octanol–water partition coefficient (Wildman–Crippen LogP) is 1.19. The van der Waals surface area contributed by atoms with Crippen molar-refractivity contribution in [2.75, 3.05) is 19.6 Å². The van der Waals surface area contributed by atoms with Gasteiger partial charge in [0.2, 0.25) is 5.91 Å². The Morgan fingerprint density at radius 2 is 2.04 bits per heavy atom. The highest BCUT2D eigenvalue weighted by molar-refractivity contribution is 5.85. The molecular weight excluding hydrogens is 319 g/mol. The van der Waals surface area contributed by atoms with Gasteiger partial charge >= 0.3 is 0 Å². The Hall–Kier alpha value is -1.47. The molecule has 1 saturated heterocycles. The molecule has 2 aliphatic heterocycles. The van der Waals surface area contributed by atoms with E-state index in [9.17, 15) is 9.18 Å². The van der Waals surface area contributed by atoms with E-state index in [-0.39, 0.29) is 36.2 Å². The summed E-state index contributed by atoms with van der Waals surface area (Å²) in [5, 5.41) is 6.23. The third-order valence-electron chi connectivity index (χ3n) is 4.14. The van der Waals surface area contributed by atoms with Gasteiger partial charge in [-0.05, 0) is 37.1 Å². The lowest BCUT2D eigenvalue weighted by Crippen LogP contribution is -2.44. The van der Waals surface area contributed by atoms with Crippen LogP contribution < -0.4 is 21.5 Å². The monoisotopic (exact) mass is 340 g/mol. The molecule has 3 rings (SSSR count). The first-order chi connectivity index (χ1) is 10.7. The average molecular weight is 341 g/mol. The summed E-state index contributed by atoms with van der Waals surface area (Å²) in [7, 11) is 0. The number of hydrogen-bond donors (Lipinski definition) is 4. The molecule has 4 N–H and O–H groups in total. The van der Waals surface area contributed by atoms with Crippen molar-refractivity contribution in [1.82, 2.24) is 21.5 Å². The van der Waals surface area contributed by atoms with Gasteiger partial charge in [0, 0.05) is 19.1 Å². The number of hydrogen-bond acceptors (Lipinski definition) is 4. The highest BCUT2D eigenvalue weighted by Crippen LogP contribution is 2.22. The third-order valence-corrected chi connectivity index (χ3v) is 4.14. The van der Waals surface area contributed by atoms with E-state index in [0.717, 1.165) is 25.1 Å². The molecule has 5 nitrogen and oxygen atoms in total. The van der Waals surface area contributed by atoms with E-state index in [1.807, 2.05) is 0 Å². The van der Waals surface area contributed by atoms with Gasteiger partial charge in [-0.15, -0.1) is 12.4 Å². The van der Waals surface area contributed by atoms with Gasteiger partial charge < -0.3 is 10.6 Å². The van der Waals surface area contributed by atoms with Crippen molar-refractivity contribution in [3.05, 3.63) is 47.3 Å². The number of hydrazine groups is 1. The van der Waals surface area contributed by atoms with E-state index in [1.54, 1.807) is 12.1 Å². The Kier molecular flexibility index (Phi) is 6.53. The second kappa shape index (κ2) is 8.40.